The van der Waals surface area contributed by atoms with Gasteiger partial charge in [-0.3, -0.25) is 0 Å². The number of aliphatic hydroxyl groups is 2. The molecule has 22 heavy (non-hydrogen) atoms. The van der Waals surface area contributed by atoms with Crippen LogP contribution in [0, 0.1) is 5.92 Å². The van der Waals surface area contributed by atoms with Crippen molar-refractivity contribution in [2.45, 2.75) is 56.3 Å². The number of ether oxygens (including phenoxy) is 1. The lowest BCUT2D eigenvalue weighted by atomic mass is 9.93. The Kier molecular flexibility index (Phi) is 5.01. The Labute approximate surface area is 132 Å². The van der Waals surface area contributed by atoms with Gasteiger partial charge in [-0.15, -0.1) is 0 Å². The Balaban J connectivity index is 1.69. The van der Waals surface area contributed by atoms with Crippen LogP contribution in [0.3, 0.4) is 0 Å². The molecule has 3 N–H and O–H groups in total. The highest BCUT2D eigenvalue weighted by Crippen LogP contribution is 2.36. The first kappa shape index (κ1) is 15.8. The fourth-order valence-corrected chi connectivity index (χ4v) is 4.00. The molecule has 1 aromatic carbocycles. The van der Waals surface area contributed by atoms with Gasteiger partial charge in [-0.2, -0.15) is 0 Å². The summed E-state index contributed by atoms with van der Waals surface area (Å²) in [5.41, 5.74) is 1.15. The summed E-state index contributed by atoms with van der Waals surface area (Å²) in [6.45, 7) is 0.946. The van der Waals surface area contributed by atoms with Crippen LogP contribution in [0.1, 0.15) is 43.6 Å². The molecule has 0 aromatic heterocycles. The van der Waals surface area contributed by atoms with Gasteiger partial charge in [0.15, 0.2) is 0 Å². The standard InChI is InChI=1S/C18H27NO3/c1-22-14-8-6-13(7-9-14)15-10-16(20)18(21)17(15)19-11-12-4-2-3-5-12/h6-9,12,15-21H,2-5,10-11H2,1H3/t15-,16-,17-,18-/m1/s1. The first-order chi connectivity index (χ1) is 10.7. The van der Waals surface area contributed by atoms with Crippen molar-refractivity contribution in [1.29, 1.82) is 0 Å². The molecular formula is C18H27NO3. The van der Waals surface area contributed by atoms with Crippen molar-refractivity contribution < 1.29 is 14.9 Å². The van der Waals surface area contributed by atoms with Crippen molar-refractivity contribution in [3.05, 3.63) is 29.8 Å². The van der Waals surface area contributed by atoms with Crippen LogP contribution in [0.25, 0.3) is 0 Å². The maximum Gasteiger partial charge on any atom is 0.118 e. The number of hydrogen-bond donors (Lipinski definition) is 3. The molecule has 2 aliphatic carbocycles. The quantitative estimate of drug-likeness (QED) is 0.779. The molecule has 3 rings (SSSR count). The highest BCUT2D eigenvalue weighted by molar-refractivity contribution is 5.31. The minimum absolute atomic E-state index is 0.0657. The minimum atomic E-state index is -0.687. The Morgan fingerprint density at radius 2 is 1.82 bits per heavy atom. The van der Waals surface area contributed by atoms with Crippen LogP contribution in [0.2, 0.25) is 0 Å². The Morgan fingerprint density at radius 1 is 1.14 bits per heavy atom. The molecule has 0 saturated heterocycles. The zero-order valence-corrected chi connectivity index (χ0v) is 13.2. The van der Waals surface area contributed by atoms with Gasteiger partial charge in [-0.1, -0.05) is 25.0 Å². The van der Waals surface area contributed by atoms with E-state index in [1.807, 2.05) is 24.3 Å². The number of methoxy groups -OCH3 is 1. The third kappa shape index (κ3) is 3.29. The van der Waals surface area contributed by atoms with E-state index in [4.69, 9.17) is 4.74 Å². The summed E-state index contributed by atoms with van der Waals surface area (Å²) in [4.78, 5) is 0. The summed E-state index contributed by atoms with van der Waals surface area (Å²) in [6.07, 6.45) is 4.49. The molecule has 0 aliphatic heterocycles. The molecule has 0 heterocycles. The van der Waals surface area contributed by atoms with Gasteiger partial charge in [0.1, 0.15) is 5.75 Å². The van der Waals surface area contributed by atoms with Gasteiger partial charge in [-0.25, -0.2) is 0 Å². The van der Waals surface area contributed by atoms with Gasteiger partial charge in [-0.05, 0) is 49.4 Å². The lowest BCUT2D eigenvalue weighted by Gasteiger charge is -2.25. The number of benzene rings is 1. The highest BCUT2D eigenvalue weighted by Gasteiger charge is 2.42. The molecular weight excluding hydrogens is 278 g/mol. The molecule has 0 bridgehead atoms. The molecule has 2 saturated carbocycles. The fraction of sp³-hybridized carbons (Fsp3) is 0.667. The summed E-state index contributed by atoms with van der Waals surface area (Å²) in [5.74, 6) is 1.71. The van der Waals surface area contributed by atoms with Crippen LogP contribution in [0.15, 0.2) is 24.3 Å². The maximum absolute atomic E-state index is 10.3. The van der Waals surface area contributed by atoms with E-state index in [1.54, 1.807) is 7.11 Å². The zero-order valence-electron chi connectivity index (χ0n) is 13.2. The monoisotopic (exact) mass is 305 g/mol. The number of hydrogen-bond acceptors (Lipinski definition) is 4. The summed E-state index contributed by atoms with van der Waals surface area (Å²) in [5, 5.41) is 23.9. The van der Waals surface area contributed by atoms with Crippen molar-refractivity contribution in [2.24, 2.45) is 5.92 Å². The number of rotatable bonds is 5. The van der Waals surface area contributed by atoms with Crippen molar-refractivity contribution in [1.82, 2.24) is 5.32 Å². The van der Waals surface area contributed by atoms with E-state index in [9.17, 15) is 10.2 Å². The van der Waals surface area contributed by atoms with Crippen LogP contribution in [-0.4, -0.2) is 42.1 Å². The van der Waals surface area contributed by atoms with Gasteiger partial charge >= 0.3 is 0 Å². The summed E-state index contributed by atoms with van der Waals surface area (Å²) in [7, 11) is 1.66. The van der Waals surface area contributed by atoms with Gasteiger partial charge in [0.25, 0.3) is 0 Å². The molecule has 0 radical (unpaired) electrons. The summed E-state index contributed by atoms with van der Waals surface area (Å²) >= 11 is 0. The Morgan fingerprint density at radius 3 is 2.45 bits per heavy atom. The molecule has 4 heteroatoms. The predicted molar refractivity (Wildman–Crippen MR) is 86.1 cm³/mol. The van der Waals surface area contributed by atoms with E-state index in [0.29, 0.717) is 6.42 Å². The van der Waals surface area contributed by atoms with E-state index in [1.165, 1.54) is 25.7 Å². The molecule has 0 unspecified atom stereocenters. The van der Waals surface area contributed by atoms with Crippen molar-refractivity contribution in [3.8, 4) is 5.75 Å². The van der Waals surface area contributed by atoms with Crippen LogP contribution in [0.5, 0.6) is 5.75 Å². The van der Waals surface area contributed by atoms with Gasteiger partial charge in [0.2, 0.25) is 0 Å². The van der Waals surface area contributed by atoms with Crippen LogP contribution in [0.4, 0.5) is 0 Å². The Bertz CT molecular complexity index is 470. The number of aliphatic hydroxyl groups excluding tert-OH is 2. The highest BCUT2D eigenvalue weighted by atomic mass is 16.5. The van der Waals surface area contributed by atoms with Crippen LogP contribution in [-0.2, 0) is 0 Å². The second-order valence-electron chi connectivity index (χ2n) is 6.76. The van der Waals surface area contributed by atoms with Crippen LogP contribution >= 0.6 is 0 Å². The second-order valence-corrected chi connectivity index (χ2v) is 6.76. The Hall–Kier alpha value is -1.10. The summed E-state index contributed by atoms with van der Waals surface area (Å²) < 4.78 is 5.20. The number of nitrogens with one attached hydrogen (secondary N) is 1. The van der Waals surface area contributed by atoms with E-state index >= 15 is 0 Å². The van der Waals surface area contributed by atoms with E-state index < -0.39 is 12.2 Å². The molecule has 4 atom stereocenters. The maximum atomic E-state index is 10.3. The van der Waals surface area contributed by atoms with E-state index in [2.05, 4.69) is 5.32 Å². The molecule has 0 spiro atoms. The SMILES string of the molecule is COc1ccc([C@H]2C[C@@H](O)[C@@H](O)[C@@H]2NCC2CCCC2)cc1. The lowest BCUT2D eigenvalue weighted by Crippen LogP contribution is -2.44. The third-order valence-corrected chi connectivity index (χ3v) is 5.35. The van der Waals surface area contributed by atoms with Gasteiger partial charge < -0.3 is 20.3 Å². The lowest BCUT2D eigenvalue weighted by molar-refractivity contribution is 0.0294. The normalized spacial score (nSPS) is 32.5. The average Bonchev–Trinajstić information content (AvgIpc) is 3.15. The third-order valence-electron chi connectivity index (χ3n) is 5.35. The van der Waals surface area contributed by atoms with Crippen molar-refractivity contribution >= 4 is 0 Å². The molecule has 122 valence electrons. The predicted octanol–water partition coefficient (Wildman–Crippen LogP) is 2.05. The summed E-state index contributed by atoms with van der Waals surface area (Å²) in [6, 6.07) is 7.90. The first-order valence-electron chi connectivity index (χ1n) is 8.42. The van der Waals surface area contributed by atoms with Crippen molar-refractivity contribution in [3.63, 3.8) is 0 Å². The zero-order chi connectivity index (χ0) is 15.5. The second kappa shape index (κ2) is 6.99. The van der Waals surface area contributed by atoms with Gasteiger partial charge in [0, 0.05) is 12.0 Å². The molecule has 2 aliphatic rings. The fourth-order valence-electron chi connectivity index (χ4n) is 4.00. The molecule has 2 fully saturated rings. The molecule has 0 amide bonds. The molecule has 4 nitrogen and oxygen atoms in total. The van der Waals surface area contributed by atoms with Crippen molar-refractivity contribution in [2.75, 3.05) is 13.7 Å². The van der Waals surface area contributed by atoms with Crippen LogP contribution < -0.4 is 10.1 Å². The molecule has 1 aromatic rings. The first-order valence-corrected chi connectivity index (χ1v) is 8.42. The van der Waals surface area contributed by atoms with E-state index in [-0.39, 0.29) is 12.0 Å². The average molecular weight is 305 g/mol. The topological polar surface area (TPSA) is 61.7 Å². The van der Waals surface area contributed by atoms with E-state index in [0.717, 1.165) is 23.8 Å². The smallest absolute Gasteiger partial charge is 0.118 e. The van der Waals surface area contributed by atoms with Gasteiger partial charge in [0.05, 0.1) is 19.3 Å². The minimum Gasteiger partial charge on any atom is -0.497 e. The largest absolute Gasteiger partial charge is 0.497 e.